The topological polar surface area (TPSA) is 37.3 Å². The molecule has 2 heterocycles. The van der Waals surface area contributed by atoms with Crippen LogP contribution in [0.4, 0.5) is 0 Å². The molecule has 7 heteroatoms. The molecule has 1 aliphatic heterocycles. The lowest BCUT2D eigenvalue weighted by molar-refractivity contribution is -0.122. The van der Waals surface area contributed by atoms with Gasteiger partial charge in [0.1, 0.15) is 0 Å². The van der Waals surface area contributed by atoms with Crippen molar-refractivity contribution in [1.29, 1.82) is 0 Å². The zero-order valence-corrected chi connectivity index (χ0v) is 18.6. The number of nitrogens with one attached hydrogen (secondary N) is 1. The quantitative estimate of drug-likeness (QED) is 0.546. The molecule has 0 saturated heterocycles. The van der Waals surface area contributed by atoms with Gasteiger partial charge in [0.2, 0.25) is 5.91 Å². The monoisotopic (exact) mass is 461 g/mol. The smallest absolute Gasteiger partial charge is 0.234 e. The van der Waals surface area contributed by atoms with Crippen LogP contribution in [-0.2, 0) is 17.8 Å². The second kappa shape index (κ2) is 9.44. The van der Waals surface area contributed by atoms with E-state index in [0.717, 1.165) is 29.9 Å². The number of halogens is 3. The van der Waals surface area contributed by atoms with Crippen molar-refractivity contribution in [3.63, 3.8) is 0 Å². The number of carbonyl (C=O) groups is 1. The van der Waals surface area contributed by atoms with Crippen LogP contribution in [0.2, 0.25) is 15.1 Å². The largest absolute Gasteiger partial charge is 0.355 e. The first-order valence-electron chi connectivity index (χ1n) is 9.87. The van der Waals surface area contributed by atoms with Crippen molar-refractivity contribution in [1.82, 2.24) is 14.8 Å². The normalized spacial score (nSPS) is 16.3. The summed E-state index contributed by atoms with van der Waals surface area (Å²) in [5.74, 6) is -0.0165. The lowest BCUT2D eigenvalue weighted by Crippen LogP contribution is -2.44. The van der Waals surface area contributed by atoms with Gasteiger partial charge < -0.3 is 9.88 Å². The van der Waals surface area contributed by atoms with Gasteiger partial charge in [-0.05, 0) is 47.9 Å². The zero-order valence-electron chi connectivity index (χ0n) is 16.3. The predicted octanol–water partition coefficient (Wildman–Crippen LogP) is 5.21. The number of carbonyl (C=O) groups excluding carboxylic acids is 1. The van der Waals surface area contributed by atoms with Gasteiger partial charge in [0.25, 0.3) is 0 Å². The summed E-state index contributed by atoms with van der Waals surface area (Å²) < 4.78 is 2.23. The van der Waals surface area contributed by atoms with Crippen LogP contribution in [0.15, 0.2) is 60.8 Å². The van der Waals surface area contributed by atoms with E-state index in [2.05, 4.69) is 27.0 Å². The summed E-state index contributed by atoms with van der Waals surface area (Å²) in [5, 5.41) is 4.94. The van der Waals surface area contributed by atoms with Crippen LogP contribution in [-0.4, -0.2) is 35.0 Å². The third kappa shape index (κ3) is 4.68. The number of benzene rings is 2. The fourth-order valence-corrected chi connectivity index (χ4v) is 4.70. The molecular formula is C23H22Cl3N3O. The summed E-state index contributed by atoms with van der Waals surface area (Å²) in [6.07, 6.45) is 2.73. The van der Waals surface area contributed by atoms with Gasteiger partial charge in [-0.2, -0.15) is 0 Å². The SMILES string of the molecule is O=C(CN1CCn2cccc2C1c1ccccc1Cl)NCCc1ccc(Cl)cc1Cl. The van der Waals surface area contributed by atoms with E-state index in [-0.39, 0.29) is 11.9 Å². The maximum Gasteiger partial charge on any atom is 0.234 e. The molecular weight excluding hydrogens is 441 g/mol. The molecule has 2 aromatic carbocycles. The lowest BCUT2D eigenvalue weighted by Gasteiger charge is -2.37. The number of rotatable bonds is 6. The van der Waals surface area contributed by atoms with Crippen LogP contribution >= 0.6 is 34.8 Å². The minimum absolute atomic E-state index is 0.0165. The molecule has 4 nitrogen and oxygen atoms in total. The first kappa shape index (κ1) is 21.3. The molecule has 0 spiro atoms. The van der Waals surface area contributed by atoms with Gasteiger partial charge in [-0.3, -0.25) is 9.69 Å². The van der Waals surface area contributed by atoms with Crippen molar-refractivity contribution in [2.75, 3.05) is 19.6 Å². The summed E-state index contributed by atoms with van der Waals surface area (Å²) in [6, 6.07) is 17.3. The second-order valence-electron chi connectivity index (χ2n) is 7.36. The Morgan fingerprint density at radius 3 is 2.63 bits per heavy atom. The van der Waals surface area contributed by atoms with Gasteiger partial charge in [0.05, 0.1) is 12.6 Å². The molecule has 0 radical (unpaired) electrons. The highest BCUT2D eigenvalue weighted by atomic mass is 35.5. The number of nitrogens with zero attached hydrogens (tertiary/aromatic N) is 2. The third-order valence-electron chi connectivity index (χ3n) is 5.42. The van der Waals surface area contributed by atoms with E-state index >= 15 is 0 Å². The van der Waals surface area contributed by atoms with E-state index in [1.54, 1.807) is 6.07 Å². The molecule has 0 saturated carbocycles. The fraction of sp³-hybridized carbons (Fsp3) is 0.261. The van der Waals surface area contributed by atoms with Gasteiger partial charge in [-0.25, -0.2) is 0 Å². The van der Waals surface area contributed by atoms with Crippen molar-refractivity contribution in [3.8, 4) is 0 Å². The van der Waals surface area contributed by atoms with Gasteiger partial charge >= 0.3 is 0 Å². The third-order valence-corrected chi connectivity index (χ3v) is 6.35. The summed E-state index contributed by atoms with van der Waals surface area (Å²) in [7, 11) is 0. The molecule has 156 valence electrons. The van der Waals surface area contributed by atoms with E-state index < -0.39 is 0 Å². The maximum atomic E-state index is 12.7. The maximum absolute atomic E-state index is 12.7. The number of amides is 1. The molecule has 0 aliphatic carbocycles. The Morgan fingerprint density at radius 2 is 1.83 bits per heavy atom. The highest BCUT2D eigenvalue weighted by Crippen LogP contribution is 2.35. The Morgan fingerprint density at radius 1 is 1.00 bits per heavy atom. The summed E-state index contributed by atoms with van der Waals surface area (Å²) in [6.45, 7) is 2.43. The molecule has 1 atom stereocenters. The summed E-state index contributed by atoms with van der Waals surface area (Å²) in [5.41, 5.74) is 3.13. The van der Waals surface area contributed by atoms with Crippen molar-refractivity contribution in [2.24, 2.45) is 0 Å². The van der Waals surface area contributed by atoms with Gasteiger partial charge in [-0.1, -0.05) is 59.1 Å². The van der Waals surface area contributed by atoms with E-state index in [0.29, 0.717) is 34.6 Å². The highest BCUT2D eigenvalue weighted by Gasteiger charge is 2.31. The van der Waals surface area contributed by atoms with Gasteiger partial charge in [0.15, 0.2) is 0 Å². The highest BCUT2D eigenvalue weighted by molar-refractivity contribution is 6.35. The molecule has 0 fully saturated rings. The molecule has 30 heavy (non-hydrogen) atoms. The van der Waals surface area contributed by atoms with E-state index in [4.69, 9.17) is 34.8 Å². The average molecular weight is 463 g/mol. The Hall–Kier alpha value is -1.98. The van der Waals surface area contributed by atoms with Crippen molar-refractivity contribution >= 4 is 40.7 Å². The number of hydrogen-bond donors (Lipinski definition) is 1. The summed E-state index contributed by atoms with van der Waals surface area (Å²) in [4.78, 5) is 14.9. The Balaban J connectivity index is 1.43. The van der Waals surface area contributed by atoms with Gasteiger partial charge in [0, 0.05) is 46.6 Å². The average Bonchev–Trinajstić information content (AvgIpc) is 3.19. The number of hydrogen-bond acceptors (Lipinski definition) is 2. The summed E-state index contributed by atoms with van der Waals surface area (Å²) >= 11 is 18.7. The molecule has 4 rings (SSSR count). The minimum atomic E-state index is -0.0566. The Bertz CT molecular complexity index is 1050. The van der Waals surface area contributed by atoms with Crippen LogP contribution in [0.3, 0.4) is 0 Å². The Labute approximate surface area is 191 Å². The van der Waals surface area contributed by atoms with Crippen LogP contribution in [0.1, 0.15) is 22.9 Å². The molecule has 1 aromatic heterocycles. The van der Waals surface area contributed by atoms with E-state index in [9.17, 15) is 4.79 Å². The molecule has 3 aromatic rings. The zero-order chi connectivity index (χ0) is 21.1. The number of fused-ring (bicyclic) bond motifs is 1. The lowest BCUT2D eigenvalue weighted by atomic mass is 10.00. The molecule has 1 N–H and O–H groups in total. The van der Waals surface area contributed by atoms with Gasteiger partial charge in [-0.15, -0.1) is 0 Å². The van der Waals surface area contributed by atoms with Crippen molar-refractivity contribution in [2.45, 2.75) is 19.0 Å². The van der Waals surface area contributed by atoms with E-state index in [1.807, 2.05) is 42.5 Å². The van der Waals surface area contributed by atoms with Crippen LogP contribution in [0.5, 0.6) is 0 Å². The van der Waals surface area contributed by atoms with Crippen molar-refractivity contribution in [3.05, 3.63) is 92.7 Å². The second-order valence-corrected chi connectivity index (χ2v) is 8.61. The number of aromatic nitrogens is 1. The standard InChI is InChI=1S/C23H22Cl3N3O/c24-17-8-7-16(20(26)14-17)9-10-27-22(30)15-29-13-12-28-11-3-6-21(28)23(29)18-4-1-2-5-19(18)25/h1-8,11,14,23H,9-10,12-13,15H2,(H,27,30). The van der Waals surface area contributed by atoms with Crippen LogP contribution in [0.25, 0.3) is 0 Å². The van der Waals surface area contributed by atoms with Crippen molar-refractivity contribution < 1.29 is 4.79 Å². The molecule has 1 aliphatic rings. The van der Waals surface area contributed by atoms with E-state index in [1.165, 1.54) is 0 Å². The van der Waals surface area contributed by atoms with Crippen LogP contribution in [0, 0.1) is 0 Å². The minimum Gasteiger partial charge on any atom is -0.355 e. The molecule has 1 amide bonds. The first-order valence-corrected chi connectivity index (χ1v) is 11.0. The Kier molecular flexibility index (Phi) is 6.69. The predicted molar refractivity (Wildman–Crippen MR) is 122 cm³/mol. The first-order chi connectivity index (χ1) is 14.5. The molecule has 0 bridgehead atoms. The molecule has 1 unspecified atom stereocenters. The van der Waals surface area contributed by atoms with Crippen LogP contribution < -0.4 is 5.32 Å². The fourth-order valence-electron chi connectivity index (χ4n) is 3.96.